The van der Waals surface area contributed by atoms with Crippen molar-refractivity contribution in [3.05, 3.63) is 28.8 Å². The minimum atomic E-state index is 0.705. The fourth-order valence-corrected chi connectivity index (χ4v) is 1.34. The monoisotopic (exact) mass is 194 g/mol. The fourth-order valence-electron chi connectivity index (χ4n) is 1.15. The van der Waals surface area contributed by atoms with Crippen molar-refractivity contribution in [1.29, 1.82) is 0 Å². The third-order valence-corrected chi connectivity index (χ3v) is 2.02. The van der Waals surface area contributed by atoms with Crippen LogP contribution in [0.4, 0.5) is 0 Å². The number of hydrogen-bond donors (Lipinski definition) is 0. The number of methoxy groups -OCH3 is 1. The summed E-state index contributed by atoms with van der Waals surface area (Å²) < 4.78 is 5.17. The maximum atomic E-state index is 5.85. The van der Waals surface area contributed by atoms with Gasteiger partial charge in [-0.15, -0.1) is 12.3 Å². The van der Waals surface area contributed by atoms with Gasteiger partial charge in [0.05, 0.1) is 7.11 Å². The summed E-state index contributed by atoms with van der Waals surface area (Å²) in [5.74, 6) is 3.44. The zero-order valence-electron chi connectivity index (χ0n) is 7.51. The van der Waals surface area contributed by atoms with Crippen LogP contribution >= 0.6 is 11.6 Å². The van der Waals surface area contributed by atoms with Gasteiger partial charge in [0.15, 0.2) is 0 Å². The molecule has 0 unspecified atom stereocenters. The average Bonchev–Trinajstić information content (AvgIpc) is 2.15. The molecule has 0 heterocycles. The second kappa shape index (κ2) is 4.79. The van der Waals surface area contributed by atoms with E-state index in [9.17, 15) is 0 Å². The number of benzene rings is 1. The lowest BCUT2D eigenvalue weighted by Crippen LogP contribution is -1.91. The Hall–Kier alpha value is -1.13. The molecule has 0 fully saturated rings. The summed E-state index contributed by atoms with van der Waals surface area (Å²) in [6.45, 7) is 0. The second-order valence-corrected chi connectivity index (χ2v) is 3.10. The number of terminal acetylenes is 1. The first-order chi connectivity index (χ1) is 6.27. The minimum absolute atomic E-state index is 0.705. The molecule has 1 aromatic carbocycles. The van der Waals surface area contributed by atoms with Crippen molar-refractivity contribution < 1.29 is 4.74 Å². The van der Waals surface area contributed by atoms with E-state index in [0.717, 1.165) is 17.7 Å². The Morgan fingerprint density at radius 2 is 2.31 bits per heavy atom. The van der Waals surface area contributed by atoms with Gasteiger partial charge >= 0.3 is 0 Å². The smallest absolute Gasteiger partial charge is 0.122 e. The third kappa shape index (κ3) is 2.68. The Kier molecular flexibility index (Phi) is 3.67. The van der Waals surface area contributed by atoms with Gasteiger partial charge in [0.25, 0.3) is 0 Å². The lowest BCUT2D eigenvalue weighted by atomic mass is 10.1. The standard InChI is InChI=1S/C11H11ClO/c1-3-4-5-9-8-10(12)6-7-11(9)13-2/h1,6-8H,4-5H2,2H3. The van der Waals surface area contributed by atoms with Gasteiger partial charge < -0.3 is 4.74 Å². The zero-order valence-corrected chi connectivity index (χ0v) is 8.27. The molecular formula is C11H11ClO. The molecule has 1 rings (SSSR count). The predicted octanol–water partition coefficient (Wildman–Crippen LogP) is 2.91. The van der Waals surface area contributed by atoms with Gasteiger partial charge in [-0.25, -0.2) is 0 Å². The normalized spacial score (nSPS) is 9.31. The van der Waals surface area contributed by atoms with E-state index >= 15 is 0 Å². The molecule has 0 spiro atoms. The molecule has 0 aromatic heterocycles. The van der Waals surface area contributed by atoms with E-state index in [1.165, 1.54) is 0 Å². The Balaban J connectivity index is 2.89. The van der Waals surface area contributed by atoms with Gasteiger partial charge in [0.2, 0.25) is 0 Å². The molecule has 68 valence electrons. The van der Waals surface area contributed by atoms with Gasteiger partial charge in [-0.2, -0.15) is 0 Å². The summed E-state index contributed by atoms with van der Waals surface area (Å²) in [6, 6.07) is 5.55. The second-order valence-electron chi connectivity index (χ2n) is 2.66. The van der Waals surface area contributed by atoms with Crippen LogP contribution in [0.5, 0.6) is 5.75 Å². The van der Waals surface area contributed by atoms with Gasteiger partial charge in [0.1, 0.15) is 5.75 Å². The first kappa shape index (κ1) is 9.95. The van der Waals surface area contributed by atoms with Gasteiger partial charge in [0, 0.05) is 11.4 Å². The zero-order chi connectivity index (χ0) is 9.68. The van der Waals surface area contributed by atoms with Crippen LogP contribution in [0, 0.1) is 12.3 Å². The largest absolute Gasteiger partial charge is 0.496 e. The molecule has 2 heteroatoms. The molecule has 1 nitrogen and oxygen atoms in total. The highest BCUT2D eigenvalue weighted by atomic mass is 35.5. The molecule has 0 aliphatic rings. The van der Waals surface area contributed by atoms with Crippen molar-refractivity contribution in [3.8, 4) is 18.1 Å². The maximum Gasteiger partial charge on any atom is 0.122 e. The van der Waals surface area contributed by atoms with E-state index in [-0.39, 0.29) is 0 Å². The number of ether oxygens (including phenoxy) is 1. The number of aryl methyl sites for hydroxylation is 1. The molecule has 0 saturated heterocycles. The Bertz CT molecular complexity index is 325. The summed E-state index contributed by atoms with van der Waals surface area (Å²) in [5, 5.41) is 0.716. The SMILES string of the molecule is C#CCCc1cc(Cl)ccc1OC. The maximum absolute atomic E-state index is 5.85. The first-order valence-corrected chi connectivity index (χ1v) is 4.41. The van der Waals surface area contributed by atoms with Crippen LogP contribution in [-0.2, 0) is 6.42 Å². The van der Waals surface area contributed by atoms with Gasteiger partial charge in [-0.3, -0.25) is 0 Å². The summed E-state index contributed by atoms with van der Waals surface area (Å²) in [7, 11) is 1.64. The topological polar surface area (TPSA) is 9.23 Å². The molecule has 1 aromatic rings. The van der Waals surface area contributed by atoms with Gasteiger partial charge in [-0.05, 0) is 30.2 Å². The van der Waals surface area contributed by atoms with Crippen molar-refractivity contribution in [2.24, 2.45) is 0 Å². The highest BCUT2D eigenvalue weighted by Gasteiger charge is 2.02. The van der Waals surface area contributed by atoms with Crippen LogP contribution in [0.3, 0.4) is 0 Å². The molecule has 0 amide bonds. The predicted molar refractivity (Wildman–Crippen MR) is 55.2 cm³/mol. The van der Waals surface area contributed by atoms with E-state index in [1.807, 2.05) is 12.1 Å². The van der Waals surface area contributed by atoms with Crippen molar-refractivity contribution >= 4 is 11.6 Å². The molecule has 0 radical (unpaired) electrons. The van der Waals surface area contributed by atoms with Crippen LogP contribution < -0.4 is 4.74 Å². The molecule has 0 aliphatic carbocycles. The van der Waals surface area contributed by atoms with E-state index in [4.69, 9.17) is 22.8 Å². The molecular weight excluding hydrogens is 184 g/mol. The number of rotatable bonds is 3. The minimum Gasteiger partial charge on any atom is -0.496 e. The lowest BCUT2D eigenvalue weighted by Gasteiger charge is -2.06. The van der Waals surface area contributed by atoms with Crippen LogP contribution in [0.15, 0.2) is 18.2 Å². The lowest BCUT2D eigenvalue weighted by molar-refractivity contribution is 0.410. The third-order valence-electron chi connectivity index (χ3n) is 1.78. The van der Waals surface area contributed by atoms with Crippen molar-refractivity contribution in [2.75, 3.05) is 7.11 Å². The molecule has 0 N–H and O–H groups in total. The molecule has 0 aliphatic heterocycles. The van der Waals surface area contributed by atoms with Crippen molar-refractivity contribution in [1.82, 2.24) is 0 Å². The summed E-state index contributed by atoms with van der Waals surface area (Å²) in [6.07, 6.45) is 6.69. The Labute approximate surface area is 83.7 Å². The fraction of sp³-hybridized carbons (Fsp3) is 0.273. The van der Waals surface area contributed by atoms with Crippen LogP contribution in [0.1, 0.15) is 12.0 Å². The summed E-state index contributed by atoms with van der Waals surface area (Å²) in [5.41, 5.74) is 1.06. The van der Waals surface area contributed by atoms with E-state index < -0.39 is 0 Å². The van der Waals surface area contributed by atoms with Crippen LogP contribution in [0.25, 0.3) is 0 Å². The number of halogens is 1. The van der Waals surface area contributed by atoms with Crippen molar-refractivity contribution in [2.45, 2.75) is 12.8 Å². The van der Waals surface area contributed by atoms with E-state index in [2.05, 4.69) is 5.92 Å². The first-order valence-electron chi connectivity index (χ1n) is 4.04. The molecule has 0 bridgehead atoms. The van der Waals surface area contributed by atoms with E-state index in [0.29, 0.717) is 11.4 Å². The van der Waals surface area contributed by atoms with Crippen molar-refractivity contribution in [3.63, 3.8) is 0 Å². The van der Waals surface area contributed by atoms with Gasteiger partial charge in [-0.1, -0.05) is 11.6 Å². The molecule has 0 atom stereocenters. The molecule has 0 saturated carbocycles. The highest BCUT2D eigenvalue weighted by molar-refractivity contribution is 6.30. The average molecular weight is 195 g/mol. The summed E-state index contributed by atoms with van der Waals surface area (Å²) in [4.78, 5) is 0. The number of hydrogen-bond acceptors (Lipinski definition) is 1. The molecule has 13 heavy (non-hydrogen) atoms. The van der Waals surface area contributed by atoms with Crippen LogP contribution in [-0.4, -0.2) is 7.11 Å². The summed E-state index contributed by atoms with van der Waals surface area (Å²) >= 11 is 5.85. The van der Waals surface area contributed by atoms with Crippen LogP contribution in [0.2, 0.25) is 5.02 Å². The van der Waals surface area contributed by atoms with E-state index in [1.54, 1.807) is 13.2 Å². The Morgan fingerprint density at radius 3 is 2.92 bits per heavy atom. The Morgan fingerprint density at radius 1 is 1.54 bits per heavy atom. The highest BCUT2D eigenvalue weighted by Crippen LogP contribution is 2.23. The quantitative estimate of drug-likeness (QED) is 0.673.